The predicted octanol–water partition coefficient (Wildman–Crippen LogP) is 27.1. The molecule has 0 aliphatic carbocycles. The molecule has 0 aliphatic heterocycles. The maximum Gasteiger partial charge on any atom is 0.0181 e. The van der Waals surface area contributed by atoms with Gasteiger partial charge in [0.15, 0.2) is 0 Å². The van der Waals surface area contributed by atoms with Gasteiger partial charge in [-0.3, -0.25) is 0 Å². The third kappa shape index (κ3) is 61.0. The van der Waals surface area contributed by atoms with Crippen LogP contribution in [0.25, 0.3) is 0 Å². The minimum absolute atomic E-state index is 0.401. The van der Waals surface area contributed by atoms with Crippen LogP contribution in [0, 0.1) is 0 Å². The smallest absolute Gasteiger partial charge is 0.0181 e. The van der Waals surface area contributed by atoms with Gasteiger partial charge in [-0.05, 0) is 32.2 Å². The van der Waals surface area contributed by atoms with Gasteiger partial charge in [0.25, 0.3) is 0 Å². The zero-order valence-corrected chi connectivity index (χ0v) is 52.4. The van der Waals surface area contributed by atoms with Crippen molar-refractivity contribution >= 4 is 0 Å². The number of nitrogens with one attached hydrogen (secondary N) is 1. The minimum atomic E-state index is 0.401. The quantitative estimate of drug-likeness (QED) is 0.0599. The summed E-state index contributed by atoms with van der Waals surface area (Å²) < 4.78 is 0. The van der Waals surface area contributed by atoms with Gasteiger partial charge >= 0.3 is 0 Å². The molecule has 0 bridgehead atoms. The Morgan fingerprint density at radius 3 is 0.425 bits per heavy atom. The fourth-order valence-corrected chi connectivity index (χ4v) is 12.5. The highest BCUT2D eigenvalue weighted by Gasteiger charge is 2.28. The fourth-order valence-electron chi connectivity index (χ4n) is 12.5. The Morgan fingerprint density at radius 1 is 0.151 bits per heavy atom. The Morgan fingerprint density at radius 2 is 0.274 bits per heavy atom. The van der Waals surface area contributed by atoms with Crippen molar-refractivity contribution in [3.8, 4) is 0 Å². The highest BCUT2D eigenvalue weighted by Crippen LogP contribution is 2.30. The molecule has 0 fully saturated rings. The molecule has 0 rings (SSSR count). The first-order chi connectivity index (χ1) is 36.2. The van der Waals surface area contributed by atoms with E-state index in [1.807, 2.05) is 0 Å². The van der Waals surface area contributed by atoms with Gasteiger partial charge in [0.05, 0.1) is 0 Å². The van der Waals surface area contributed by atoms with Crippen molar-refractivity contribution in [1.29, 1.82) is 0 Å². The molecule has 73 heavy (non-hydrogen) atoms. The molecule has 0 aromatic carbocycles. The molecule has 0 radical (unpaired) electrons. The van der Waals surface area contributed by atoms with Crippen LogP contribution in [0.2, 0.25) is 0 Å². The topological polar surface area (TPSA) is 12.0 Å². The van der Waals surface area contributed by atoms with Crippen molar-refractivity contribution in [2.75, 3.05) is 6.54 Å². The summed E-state index contributed by atoms with van der Waals surface area (Å²) in [5.74, 6) is 0. The summed E-state index contributed by atoms with van der Waals surface area (Å²) in [4.78, 5) is 0. The highest BCUT2D eigenvalue weighted by molar-refractivity contribution is 4.88. The molecule has 0 aromatic rings. The van der Waals surface area contributed by atoms with Gasteiger partial charge in [-0.25, -0.2) is 0 Å². The lowest BCUT2D eigenvalue weighted by Crippen LogP contribution is -2.45. The maximum atomic E-state index is 4.44. The van der Waals surface area contributed by atoms with Gasteiger partial charge in [0, 0.05) is 5.54 Å². The molecule has 0 saturated carbocycles. The molecular weight excluding hydrogens is 879 g/mol. The molecule has 0 heterocycles. The van der Waals surface area contributed by atoms with Crippen LogP contribution in [-0.4, -0.2) is 12.1 Å². The van der Waals surface area contributed by atoms with Gasteiger partial charge in [-0.15, -0.1) is 0 Å². The Bertz CT molecular complexity index is 889. The average molecular weight is 1030 g/mol. The molecule has 1 N–H and O–H groups in total. The van der Waals surface area contributed by atoms with Gasteiger partial charge < -0.3 is 5.32 Å². The van der Waals surface area contributed by atoms with Crippen LogP contribution in [0.3, 0.4) is 0 Å². The van der Waals surface area contributed by atoms with Crippen molar-refractivity contribution in [2.24, 2.45) is 0 Å². The minimum Gasteiger partial charge on any atom is -0.311 e. The standard InChI is InChI=1S/C72H147N/c1-5-9-13-17-21-25-29-33-37-41-45-49-53-57-61-65-69-72(68-64-60-56-52-48-44-40-36-32-28-24-20-16-12-8-4,70-66-62-58-54-50-46-42-38-34-30-26-22-18-14-10-6-2)73-71-67-63-59-55-51-47-43-39-35-31-27-23-19-15-11-7-3/h73H,5-71H2,1-4H3. The second-order valence-corrected chi connectivity index (χ2v) is 25.3. The van der Waals surface area contributed by atoms with Crippen LogP contribution in [0.5, 0.6) is 0 Å². The van der Waals surface area contributed by atoms with Crippen molar-refractivity contribution in [2.45, 2.75) is 457 Å². The van der Waals surface area contributed by atoms with E-state index < -0.39 is 0 Å². The Balaban J connectivity index is 4.95. The molecule has 0 spiro atoms. The lowest BCUT2D eigenvalue weighted by molar-refractivity contribution is 0.234. The average Bonchev–Trinajstić information content (AvgIpc) is 3.40. The number of unbranched alkanes of at least 4 members (excludes halogenated alkanes) is 59. The van der Waals surface area contributed by atoms with Gasteiger partial charge in [-0.2, -0.15) is 0 Å². The van der Waals surface area contributed by atoms with E-state index in [1.165, 1.54) is 430 Å². The first-order valence-corrected chi connectivity index (χ1v) is 36.0. The number of hydrogen-bond donors (Lipinski definition) is 1. The van der Waals surface area contributed by atoms with Crippen LogP contribution in [0.4, 0.5) is 0 Å². The van der Waals surface area contributed by atoms with Crippen LogP contribution >= 0.6 is 0 Å². The molecule has 0 amide bonds. The first-order valence-electron chi connectivity index (χ1n) is 36.0. The fraction of sp³-hybridized carbons (Fsp3) is 1.00. The molecule has 0 saturated heterocycles. The van der Waals surface area contributed by atoms with E-state index in [2.05, 4.69) is 33.0 Å². The van der Waals surface area contributed by atoms with Crippen molar-refractivity contribution in [1.82, 2.24) is 5.32 Å². The monoisotopic (exact) mass is 1030 g/mol. The van der Waals surface area contributed by atoms with Crippen molar-refractivity contribution < 1.29 is 0 Å². The zero-order valence-electron chi connectivity index (χ0n) is 52.4. The van der Waals surface area contributed by atoms with Crippen LogP contribution in [0.1, 0.15) is 451 Å². The van der Waals surface area contributed by atoms with Crippen LogP contribution < -0.4 is 5.32 Å². The highest BCUT2D eigenvalue weighted by atomic mass is 15.0. The Hall–Kier alpha value is -0.0400. The summed E-state index contributed by atoms with van der Waals surface area (Å²) in [6.07, 6.45) is 96.8. The van der Waals surface area contributed by atoms with Gasteiger partial charge in [0.1, 0.15) is 0 Å². The largest absolute Gasteiger partial charge is 0.311 e. The van der Waals surface area contributed by atoms with E-state index in [0.717, 1.165) is 0 Å². The molecule has 0 atom stereocenters. The molecular formula is C72H147N. The van der Waals surface area contributed by atoms with E-state index in [9.17, 15) is 0 Å². The summed E-state index contributed by atoms with van der Waals surface area (Å²) in [6, 6.07) is 0. The summed E-state index contributed by atoms with van der Waals surface area (Å²) in [7, 11) is 0. The van der Waals surface area contributed by atoms with Crippen LogP contribution in [0.15, 0.2) is 0 Å². The number of rotatable bonds is 68. The summed E-state index contributed by atoms with van der Waals surface area (Å²) in [5, 5.41) is 4.44. The summed E-state index contributed by atoms with van der Waals surface area (Å²) >= 11 is 0. The molecule has 440 valence electrons. The van der Waals surface area contributed by atoms with Crippen molar-refractivity contribution in [3.63, 3.8) is 0 Å². The third-order valence-corrected chi connectivity index (χ3v) is 17.8. The van der Waals surface area contributed by atoms with E-state index in [4.69, 9.17) is 0 Å². The number of hydrogen-bond acceptors (Lipinski definition) is 1. The predicted molar refractivity (Wildman–Crippen MR) is 338 cm³/mol. The Kier molecular flexibility index (Phi) is 66.2. The maximum absolute atomic E-state index is 4.44. The van der Waals surface area contributed by atoms with Crippen LogP contribution in [-0.2, 0) is 0 Å². The third-order valence-electron chi connectivity index (χ3n) is 17.8. The molecule has 0 aromatic heterocycles. The van der Waals surface area contributed by atoms with E-state index >= 15 is 0 Å². The zero-order chi connectivity index (χ0) is 52.6. The molecule has 0 unspecified atom stereocenters. The second-order valence-electron chi connectivity index (χ2n) is 25.3. The van der Waals surface area contributed by atoms with Gasteiger partial charge in [-0.1, -0.05) is 426 Å². The second kappa shape index (κ2) is 66.2. The lowest BCUT2D eigenvalue weighted by atomic mass is 9.81. The normalized spacial score (nSPS) is 12.0. The molecule has 1 nitrogen and oxygen atoms in total. The van der Waals surface area contributed by atoms with E-state index in [0.29, 0.717) is 5.54 Å². The van der Waals surface area contributed by atoms with E-state index in [1.54, 1.807) is 0 Å². The van der Waals surface area contributed by atoms with Crippen molar-refractivity contribution in [3.05, 3.63) is 0 Å². The van der Waals surface area contributed by atoms with E-state index in [-0.39, 0.29) is 0 Å². The Labute approximate surface area is 466 Å². The lowest BCUT2D eigenvalue weighted by Gasteiger charge is -2.36. The summed E-state index contributed by atoms with van der Waals surface area (Å²) in [6.45, 7) is 10.6. The molecule has 0 aliphatic rings. The van der Waals surface area contributed by atoms with Gasteiger partial charge in [0.2, 0.25) is 0 Å². The summed E-state index contributed by atoms with van der Waals surface area (Å²) in [5.41, 5.74) is 0.401. The molecule has 1 heteroatoms. The first kappa shape index (κ1) is 73.0. The SMILES string of the molecule is CCCCCCCCCCCCCCCCCCNC(CCCCCCCCCCCCCCCCC)(CCCCCCCCCCCCCCCCCC)CCCCCCCCCCCCCCCCCC.